The maximum Gasteiger partial charge on any atom is 0.255 e. The van der Waals surface area contributed by atoms with Crippen LogP contribution in [-0.2, 0) is 23.1 Å². The number of Topliss-reactive ketones (excluding diaryl/α,β-unsaturated/α-hetero) is 1. The highest BCUT2D eigenvalue weighted by Crippen LogP contribution is 2.58. The summed E-state index contributed by atoms with van der Waals surface area (Å²) in [5.41, 5.74) is 5.39. The molecule has 4 aliphatic rings. The molecule has 3 atom stereocenters. The lowest BCUT2D eigenvalue weighted by Gasteiger charge is -2.58. The Hall–Kier alpha value is -3.64. The van der Waals surface area contributed by atoms with Gasteiger partial charge in [-0.2, -0.15) is 0 Å². The Kier molecular flexibility index (Phi) is 7.74. The standard InChI is InChI=1S/C38H44N2O4/c1-24(2)44-31-13-9-28(10-14-31)27-7-5-25(6-8-27)17-19-39-37(43)32-15-11-29-21-34-33-16-12-30(41)22-38(33,35(29)36(32)42)18-20-40(34)23-26-3-4-26/h5-11,13-15,24,26,33-34,42H,3-4,12,16-23H2,1-2H3,(H,39,43)/t33-,34+,38-/m0/s1. The summed E-state index contributed by atoms with van der Waals surface area (Å²) in [7, 11) is 0. The van der Waals surface area contributed by atoms with Crippen LogP contribution >= 0.6 is 0 Å². The van der Waals surface area contributed by atoms with Gasteiger partial charge < -0.3 is 15.2 Å². The summed E-state index contributed by atoms with van der Waals surface area (Å²) in [6, 6.07) is 20.8. The maximum absolute atomic E-state index is 13.4. The molecule has 0 unspecified atom stereocenters. The van der Waals surface area contributed by atoms with Crippen molar-refractivity contribution in [3.63, 3.8) is 0 Å². The first-order valence-corrected chi connectivity index (χ1v) is 16.6. The van der Waals surface area contributed by atoms with E-state index in [-0.39, 0.29) is 23.2 Å². The van der Waals surface area contributed by atoms with E-state index in [0.29, 0.717) is 49.1 Å². The molecule has 2 bridgehead atoms. The molecule has 1 saturated heterocycles. The molecule has 2 saturated carbocycles. The molecule has 1 amide bonds. The van der Waals surface area contributed by atoms with Crippen LogP contribution in [0.3, 0.4) is 0 Å². The van der Waals surface area contributed by atoms with Crippen molar-refractivity contribution in [2.45, 2.75) is 82.8 Å². The summed E-state index contributed by atoms with van der Waals surface area (Å²) in [4.78, 5) is 28.9. The van der Waals surface area contributed by atoms with Crippen LogP contribution in [0.2, 0.25) is 0 Å². The van der Waals surface area contributed by atoms with Gasteiger partial charge in [-0.25, -0.2) is 0 Å². The van der Waals surface area contributed by atoms with Gasteiger partial charge in [0.2, 0.25) is 0 Å². The highest BCUT2D eigenvalue weighted by molar-refractivity contribution is 5.98. The number of benzene rings is 3. The van der Waals surface area contributed by atoms with Gasteiger partial charge in [0, 0.05) is 43.0 Å². The zero-order valence-electron chi connectivity index (χ0n) is 26.0. The number of phenols is 1. The Bertz CT molecular complexity index is 1540. The molecular weight excluding hydrogens is 548 g/mol. The van der Waals surface area contributed by atoms with E-state index in [2.05, 4.69) is 52.7 Å². The fraction of sp³-hybridized carbons (Fsp3) is 0.474. The molecule has 3 fully saturated rings. The third kappa shape index (κ3) is 5.53. The quantitative estimate of drug-likeness (QED) is 0.298. The van der Waals surface area contributed by atoms with Crippen molar-refractivity contribution >= 4 is 11.7 Å². The molecule has 6 nitrogen and oxygen atoms in total. The summed E-state index contributed by atoms with van der Waals surface area (Å²) in [5.74, 6) is 2.19. The van der Waals surface area contributed by atoms with Crippen LogP contribution in [0.25, 0.3) is 11.1 Å². The van der Waals surface area contributed by atoms with Crippen molar-refractivity contribution < 1.29 is 19.4 Å². The van der Waals surface area contributed by atoms with Crippen LogP contribution in [0.1, 0.15) is 79.4 Å². The predicted octanol–water partition coefficient (Wildman–Crippen LogP) is 6.47. The first-order valence-electron chi connectivity index (χ1n) is 16.6. The first-order chi connectivity index (χ1) is 21.3. The number of hydrogen-bond donors (Lipinski definition) is 2. The number of likely N-dealkylation sites (tertiary alicyclic amines) is 1. The number of fused-ring (bicyclic) bond motifs is 1. The van der Waals surface area contributed by atoms with Crippen LogP contribution in [-0.4, -0.2) is 53.5 Å². The molecular formula is C38H44N2O4. The predicted molar refractivity (Wildman–Crippen MR) is 172 cm³/mol. The number of amides is 1. The molecule has 3 aromatic carbocycles. The Morgan fingerprint density at radius 3 is 2.45 bits per heavy atom. The number of ketones is 1. The summed E-state index contributed by atoms with van der Waals surface area (Å²) in [6.07, 6.45) is 7.29. The summed E-state index contributed by atoms with van der Waals surface area (Å²) in [6.45, 7) is 6.64. The number of rotatable bonds is 9. The molecule has 1 aliphatic heterocycles. The number of hydrogen-bond acceptors (Lipinski definition) is 5. The number of carbonyl (C=O) groups is 2. The third-order valence-electron chi connectivity index (χ3n) is 10.6. The van der Waals surface area contributed by atoms with E-state index in [9.17, 15) is 14.7 Å². The van der Waals surface area contributed by atoms with Gasteiger partial charge in [0.15, 0.2) is 0 Å². The maximum atomic E-state index is 13.4. The number of nitrogens with zero attached hydrogens (tertiary/aromatic N) is 1. The zero-order valence-corrected chi connectivity index (χ0v) is 26.0. The van der Waals surface area contributed by atoms with E-state index in [0.717, 1.165) is 71.8 Å². The number of nitrogens with one attached hydrogen (secondary N) is 1. The second kappa shape index (κ2) is 11.7. The smallest absolute Gasteiger partial charge is 0.255 e. The van der Waals surface area contributed by atoms with Gasteiger partial charge in [-0.05, 0) is 111 Å². The highest BCUT2D eigenvalue weighted by Gasteiger charge is 2.57. The summed E-state index contributed by atoms with van der Waals surface area (Å²) < 4.78 is 5.75. The summed E-state index contributed by atoms with van der Waals surface area (Å²) >= 11 is 0. The van der Waals surface area contributed by atoms with Gasteiger partial charge >= 0.3 is 0 Å². The van der Waals surface area contributed by atoms with Gasteiger partial charge in [-0.1, -0.05) is 42.5 Å². The molecule has 2 N–H and O–H groups in total. The van der Waals surface area contributed by atoms with E-state index in [1.165, 1.54) is 12.8 Å². The van der Waals surface area contributed by atoms with Gasteiger partial charge in [0.1, 0.15) is 17.3 Å². The van der Waals surface area contributed by atoms with Crippen LogP contribution in [0.15, 0.2) is 60.7 Å². The van der Waals surface area contributed by atoms with E-state index >= 15 is 0 Å². The minimum absolute atomic E-state index is 0.1000. The fourth-order valence-electron chi connectivity index (χ4n) is 8.34. The van der Waals surface area contributed by atoms with Crippen LogP contribution in [0.4, 0.5) is 0 Å². The summed E-state index contributed by atoms with van der Waals surface area (Å²) in [5, 5.41) is 14.7. The van der Waals surface area contributed by atoms with Crippen molar-refractivity contribution in [2.24, 2.45) is 11.8 Å². The van der Waals surface area contributed by atoms with Gasteiger partial charge in [-0.3, -0.25) is 14.5 Å². The van der Waals surface area contributed by atoms with Gasteiger partial charge in [0.05, 0.1) is 11.7 Å². The molecule has 3 aliphatic carbocycles. The fourth-order valence-corrected chi connectivity index (χ4v) is 8.34. The lowest BCUT2D eigenvalue weighted by molar-refractivity contribution is -0.127. The van der Waals surface area contributed by atoms with Crippen molar-refractivity contribution in [3.05, 3.63) is 82.9 Å². The average molecular weight is 593 g/mol. The van der Waals surface area contributed by atoms with Gasteiger partial charge in [0.25, 0.3) is 5.91 Å². The third-order valence-corrected chi connectivity index (χ3v) is 10.6. The lowest BCUT2D eigenvalue weighted by Crippen LogP contribution is -2.62. The number of piperidine rings is 1. The Balaban J connectivity index is 1.03. The molecule has 230 valence electrons. The minimum atomic E-state index is -0.350. The van der Waals surface area contributed by atoms with Crippen LogP contribution < -0.4 is 10.1 Å². The Labute approximate surface area is 260 Å². The van der Waals surface area contributed by atoms with Crippen molar-refractivity contribution in [1.82, 2.24) is 10.2 Å². The Morgan fingerprint density at radius 1 is 1.02 bits per heavy atom. The Morgan fingerprint density at radius 2 is 1.75 bits per heavy atom. The zero-order chi connectivity index (χ0) is 30.4. The highest BCUT2D eigenvalue weighted by atomic mass is 16.5. The molecule has 7 rings (SSSR count). The van der Waals surface area contributed by atoms with Crippen molar-refractivity contribution in [3.8, 4) is 22.6 Å². The largest absolute Gasteiger partial charge is 0.507 e. The topological polar surface area (TPSA) is 78.9 Å². The molecule has 6 heteroatoms. The number of ether oxygens (including phenoxy) is 1. The van der Waals surface area contributed by atoms with E-state index in [1.807, 2.05) is 26.0 Å². The minimum Gasteiger partial charge on any atom is -0.507 e. The second-order valence-corrected chi connectivity index (χ2v) is 13.9. The number of carbonyl (C=O) groups excluding carboxylic acids is 2. The number of phenolic OH excluding ortho intramolecular Hbond substituents is 1. The SMILES string of the molecule is CC(C)Oc1ccc(-c2ccc(CCNC(=O)c3ccc4c(c3O)[C@]35CCN(CC6CC6)[C@H](C4)[C@@H]3CCC(=O)C5)cc2)cc1. The number of aromatic hydroxyl groups is 1. The molecule has 3 aromatic rings. The lowest BCUT2D eigenvalue weighted by atomic mass is 9.51. The van der Waals surface area contributed by atoms with E-state index in [1.54, 1.807) is 6.07 Å². The molecule has 44 heavy (non-hydrogen) atoms. The van der Waals surface area contributed by atoms with Crippen molar-refractivity contribution in [1.29, 1.82) is 0 Å². The molecule has 0 aromatic heterocycles. The van der Waals surface area contributed by atoms with Gasteiger partial charge in [-0.15, -0.1) is 0 Å². The first kappa shape index (κ1) is 29.1. The van der Waals surface area contributed by atoms with Crippen LogP contribution in [0.5, 0.6) is 11.5 Å². The second-order valence-electron chi connectivity index (χ2n) is 13.9. The van der Waals surface area contributed by atoms with E-state index < -0.39 is 0 Å². The average Bonchev–Trinajstić information content (AvgIpc) is 3.83. The van der Waals surface area contributed by atoms with Crippen LogP contribution in [0, 0.1) is 11.8 Å². The molecule has 0 spiro atoms. The molecule has 0 radical (unpaired) electrons. The monoisotopic (exact) mass is 592 g/mol. The molecule has 1 heterocycles. The van der Waals surface area contributed by atoms with E-state index in [4.69, 9.17) is 4.74 Å². The normalized spacial score (nSPS) is 24.5. The van der Waals surface area contributed by atoms with Crippen molar-refractivity contribution in [2.75, 3.05) is 19.6 Å².